The van der Waals surface area contributed by atoms with E-state index < -0.39 is 35.4 Å². The summed E-state index contributed by atoms with van der Waals surface area (Å²) < 4.78 is 5.81. The number of ether oxygens (including phenoxy) is 1. The normalized spacial score (nSPS) is 23.5. The molecule has 244 valence electrons. The summed E-state index contributed by atoms with van der Waals surface area (Å²) in [6.07, 6.45) is 11.5. The molecule has 1 atom stereocenters. The van der Waals surface area contributed by atoms with Crippen molar-refractivity contribution in [1.29, 1.82) is 0 Å². The maximum absolute atomic E-state index is 13.4. The van der Waals surface area contributed by atoms with Crippen molar-refractivity contribution in [2.45, 2.75) is 70.5 Å². The zero-order valence-corrected chi connectivity index (χ0v) is 25.9. The number of allylic oxidation sites excluding steroid dienone is 1. The van der Waals surface area contributed by atoms with Gasteiger partial charge in [0.1, 0.15) is 18.3 Å². The van der Waals surface area contributed by atoms with Crippen LogP contribution in [0.1, 0.15) is 71.4 Å². The molecule has 2 aromatic rings. The zero-order chi connectivity index (χ0) is 33.0. The molecule has 0 unspecified atom stereocenters. The van der Waals surface area contributed by atoms with Gasteiger partial charge >= 0.3 is 11.9 Å². The third-order valence-corrected chi connectivity index (χ3v) is 9.42. The molecule has 4 fully saturated rings. The number of amides is 3. The molecule has 0 spiro atoms. The van der Waals surface area contributed by atoms with Gasteiger partial charge in [0.25, 0.3) is 11.5 Å². The molecule has 6 rings (SSSR count). The van der Waals surface area contributed by atoms with E-state index in [1.54, 1.807) is 6.07 Å². The Hall–Kier alpha value is -4.81. The number of carbonyl (C=O) groups is 5. The molecular formula is C33H39N5O8. The fourth-order valence-corrected chi connectivity index (χ4v) is 7.42. The topological polar surface area (TPSA) is 186 Å². The zero-order valence-electron chi connectivity index (χ0n) is 25.9. The number of carboxylic acid groups (broad SMARTS) is 1. The van der Waals surface area contributed by atoms with Crippen molar-refractivity contribution in [3.8, 4) is 0 Å². The molecule has 0 aromatic carbocycles. The van der Waals surface area contributed by atoms with Crippen LogP contribution in [0.2, 0.25) is 0 Å². The molecule has 2 heterocycles. The van der Waals surface area contributed by atoms with E-state index in [2.05, 4.69) is 25.7 Å². The number of anilines is 1. The van der Waals surface area contributed by atoms with Crippen molar-refractivity contribution in [3.05, 3.63) is 69.9 Å². The molecule has 4 bridgehead atoms. The molecule has 0 aliphatic heterocycles. The summed E-state index contributed by atoms with van der Waals surface area (Å²) in [5.41, 5.74) is -0.673. The van der Waals surface area contributed by atoms with Crippen LogP contribution < -0.4 is 21.5 Å². The first-order valence-electron chi connectivity index (χ1n) is 15.6. The lowest BCUT2D eigenvalue weighted by Gasteiger charge is -2.54. The van der Waals surface area contributed by atoms with Crippen molar-refractivity contribution in [3.63, 3.8) is 0 Å². The number of nitrogens with zero attached hydrogens (tertiary/aromatic N) is 2. The van der Waals surface area contributed by atoms with Gasteiger partial charge in [-0.3, -0.25) is 24.2 Å². The number of aryl methyl sites for hydroxylation is 1. The Morgan fingerprint density at radius 3 is 2.46 bits per heavy atom. The van der Waals surface area contributed by atoms with Crippen LogP contribution in [0.3, 0.4) is 0 Å². The van der Waals surface area contributed by atoms with Crippen molar-refractivity contribution in [2.24, 2.45) is 23.7 Å². The van der Waals surface area contributed by atoms with Crippen molar-refractivity contribution >= 4 is 35.3 Å². The summed E-state index contributed by atoms with van der Waals surface area (Å²) in [6, 6.07) is 3.07. The van der Waals surface area contributed by atoms with Crippen LogP contribution in [0, 0.1) is 30.6 Å². The minimum absolute atomic E-state index is 0.0327. The average molecular weight is 634 g/mol. The van der Waals surface area contributed by atoms with Crippen LogP contribution in [-0.4, -0.2) is 63.5 Å². The Morgan fingerprint density at radius 2 is 1.80 bits per heavy atom. The van der Waals surface area contributed by atoms with Gasteiger partial charge in [-0.05, 0) is 93.7 Å². The van der Waals surface area contributed by atoms with Gasteiger partial charge in [0.2, 0.25) is 11.8 Å². The van der Waals surface area contributed by atoms with E-state index in [-0.39, 0.29) is 53.8 Å². The first-order chi connectivity index (χ1) is 22.0. The number of esters is 1. The van der Waals surface area contributed by atoms with Gasteiger partial charge in [-0.25, -0.2) is 9.59 Å². The second kappa shape index (κ2) is 14.1. The third kappa shape index (κ3) is 7.52. The number of hydrogen-bond donors (Lipinski definition) is 4. The number of pyridine rings is 2. The summed E-state index contributed by atoms with van der Waals surface area (Å²) in [4.78, 5) is 79.8. The van der Waals surface area contributed by atoms with Crippen molar-refractivity contribution in [1.82, 2.24) is 20.2 Å². The van der Waals surface area contributed by atoms with Crippen LogP contribution in [-0.2, 0) is 25.7 Å². The van der Waals surface area contributed by atoms with Gasteiger partial charge in [0, 0.05) is 24.5 Å². The molecule has 46 heavy (non-hydrogen) atoms. The van der Waals surface area contributed by atoms with Crippen LogP contribution in [0.4, 0.5) is 5.69 Å². The number of carbonyl (C=O) groups excluding carboxylic acids is 4. The predicted molar refractivity (Wildman–Crippen MR) is 166 cm³/mol. The highest BCUT2D eigenvalue weighted by Gasteiger charge is 2.48. The molecule has 4 saturated carbocycles. The molecule has 2 aromatic heterocycles. The maximum atomic E-state index is 13.4. The van der Waals surface area contributed by atoms with E-state index >= 15 is 0 Å². The van der Waals surface area contributed by atoms with E-state index in [0.717, 1.165) is 43.6 Å². The quantitative estimate of drug-likeness (QED) is 0.201. The van der Waals surface area contributed by atoms with Gasteiger partial charge < -0.3 is 30.4 Å². The van der Waals surface area contributed by atoms with E-state index in [9.17, 15) is 33.9 Å². The molecule has 0 radical (unpaired) electrons. The van der Waals surface area contributed by atoms with E-state index in [0.29, 0.717) is 11.8 Å². The predicted octanol–water partition coefficient (Wildman–Crippen LogP) is 2.44. The lowest BCUT2D eigenvalue weighted by molar-refractivity contribution is -0.134. The first-order valence-corrected chi connectivity index (χ1v) is 15.6. The molecule has 13 heteroatoms. The number of rotatable bonds is 12. The van der Waals surface area contributed by atoms with Crippen molar-refractivity contribution < 1.29 is 33.8 Å². The highest BCUT2D eigenvalue weighted by Crippen LogP contribution is 2.53. The Bertz CT molecular complexity index is 1590. The highest BCUT2D eigenvalue weighted by molar-refractivity contribution is 6.02. The van der Waals surface area contributed by atoms with E-state index in [1.807, 2.05) is 0 Å². The monoisotopic (exact) mass is 633 g/mol. The standard InChI is InChI=1S/C33H39N5O8/c1-18-24(33(44)45)15-23(16-34-18)30(41)35-25(6-3-4-8-28(40)46-2)31(42)36-26-7-5-9-38(32(26)43)17-27(39)37-29-21-11-19-10-20(13-21)14-22(29)12-19/h4-5,7-9,15-16,19-22,25,29H,3,6,10-14,17H2,1-2H3,(H,35,41)(H,36,42)(H,37,39)(H,44,45)/b8-4+/t19?,20?,21?,22?,25-,29?/m0/s1. The minimum atomic E-state index is -1.26. The van der Waals surface area contributed by atoms with Gasteiger partial charge in [-0.2, -0.15) is 0 Å². The van der Waals surface area contributed by atoms with Crippen LogP contribution in [0.15, 0.2) is 47.5 Å². The Labute approximate surface area is 265 Å². The lowest BCUT2D eigenvalue weighted by Crippen LogP contribution is -2.56. The van der Waals surface area contributed by atoms with Gasteiger partial charge in [-0.15, -0.1) is 0 Å². The summed E-state index contributed by atoms with van der Waals surface area (Å²) in [6.45, 7) is 1.30. The summed E-state index contributed by atoms with van der Waals surface area (Å²) in [5, 5.41) is 17.7. The Morgan fingerprint density at radius 1 is 1.11 bits per heavy atom. The number of aromatic nitrogens is 2. The van der Waals surface area contributed by atoms with Gasteiger partial charge in [0.15, 0.2) is 0 Å². The minimum Gasteiger partial charge on any atom is -0.478 e. The third-order valence-electron chi connectivity index (χ3n) is 9.42. The number of aromatic carboxylic acids is 1. The lowest BCUT2D eigenvalue weighted by atomic mass is 9.54. The van der Waals surface area contributed by atoms with Gasteiger partial charge in [0.05, 0.1) is 23.9 Å². The Balaban J connectivity index is 1.26. The van der Waals surface area contributed by atoms with E-state index in [1.165, 1.54) is 55.6 Å². The fraction of sp³-hybridized carbons (Fsp3) is 0.485. The summed E-state index contributed by atoms with van der Waals surface area (Å²) >= 11 is 0. The second-order valence-electron chi connectivity index (χ2n) is 12.6. The SMILES string of the molecule is COC(=O)/C=C/CC[C@H](NC(=O)c1cnc(C)c(C(=O)O)c1)C(=O)Nc1cccn(CC(=O)NC2C3CC4CC(C3)CC2C4)c1=O. The van der Waals surface area contributed by atoms with Gasteiger partial charge in [-0.1, -0.05) is 6.08 Å². The van der Waals surface area contributed by atoms with Crippen LogP contribution in [0.25, 0.3) is 0 Å². The molecule has 4 aliphatic rings. The molecule has 13 nitrogen and oxygen atoms in total. The summed E-state index contributed by atoms with van der Waals surface area (Å²) in [5.74, 6) is -1.04. The molecule has 4 aliphatic carbocycles. The fourth-order valence-electron chi connectivity index (χ4n) is 7.42. The number of hydrogen-bond acceptors (Lipinski definition) is 8. The van der Waals surface area contributed by atoms with E-state index in [4.69, 9.17) is 0 Å². The largest absolute Gasteiger partial charge is 0.478 e. The maximum Gasteiger partial charge on any atom is 0.337 e. The smallest absolute Gasteiger partial charge is 0.337 e. The highest BCUT2D eigenvalue weighted by atomic mass is 16.5. The van der Waals surface area contributed by atoms with Crippen LogP contribution >= 0.6 is 0 Å². The number of nitrogens with one attached hydrogen (secondary N) is 3. The summed E-state index contributed by atoms with van der Waals surface area (Å²) in [7, 11) is 1.23. The molecular weight excluding hydrogens is 594 g/mol. The molecule has 4 N–H and O–H groups in total. The van der Waals surface area contributed by atoms with Crippen molar-refractivity contribution in [2.75, 3.05) is 12.4 Å². The number of carboxylic acids is 1. The first kappa shape index (κ1) is 32.6. The Kier molecular flexibility index (Phi) is 9.98. The second-order valence-corrected chi connectivity index (χ2v) is 12.6. The van der Waals surface area contributed by atoms with Crippen LogP contribution in [0.5, 0.6) is 0 Å². The molecule has 3 amide bonds. The average Bonchev–Trinajstić information content (AvgIpc) is 3.01. The number of methoxy groups -OCH3 is 1. The molecule has 0 saturated heterocycles.